The van der Waals surface area contributed by atoms with Gasteiger partial charge in [0.2, 0.25) is 0 Å². The Bertz CT molecular complexity index is 588. The predicted octanol–water partition coefficient (Wildman–Crippen LogP) is 2.78. The molecule has 0 aliphatic heterocycles. The van der Waals surface area contributed by atoms with Crippen molar-refractivity contribution in [2.45, 2.75) is 6.43 Å². The van der Waals surface area contributed by atoms with Gasteiger partial charge in [0.15, 0.2) is 11.5 Å². The zero-order valence-electron chi connectivity index (χ0n) is 9.05. The minimum absolute atomic E-state index is 0.109. The molecule has 18 heavy (non-hydrogen) atoms. The van der Waals surface area contributed by atoms with Crippen LogP contribution >= 0.6 is 0 Å². The first-order chi connectivity index (χ1) is 8.58. The number of rotatable bonds is 3. The highest BCUT2D eigenvalue weighted by Gasteiger charge is 2.11. The lowest BCUT2D eigenvalue weighted by molar-refractivity contribution is 0.0690. The molecular weight excluding hydrogens is 242 g/mol. The van der Waals surface area contributed by atoms with E-state index in [1.165, 1.54) is 30.5 Å². The van der Waals surface area contributed by atoms with Crippen LogP contribution in [0.3, 0.4) is 0 Å². The minimum Gasteiger partial charge on any atom is -0.477 e. The van der Waals surface area contributed by atoms with Gasteiger partial charge in [-0.05, 0) is 12.1 Å². The average Bonchev–Trinajstić information content (AvgIpc) is 2.39. The van der Waals surface area contributed by atoms with E-state index in [0.717, 1.165) is 0 Å². The van der Waals surface area contributed by atoms with Crippen molar-refractivity contribution >= 4 is 5.97 Å². The summed E-state index contributed by atoms with van der Waals surface area (Å²) in [6, 6.07) is 6.77. The first-order valence-corrected chi connectivity index (χ1v) is 5.03. The van der Waals surface area contributed by atoms with Crippen LogP contribution in [0.2, 0.25) is 0 Å². The second-order valence-corrected chi connectivity index (χ2v) is 3.50. The van der Waals surface area contributed by atoms with Crippen LogP contribution in [0.25, 0.3) is 11.4 Å². The van der Waals surface area contributed by atoms with Gasteiger partial charge in [0.1, 0.15) is 0 Å². The largest absolute Gasteiger partial charge is 0.477 e. The maximum Gasteiger partial charge on any atom is 0.354 e. The summed E-state index contributed by atoms with van der Waals surface area (Å²) in [5.74, 6) is -1.08. The van der Waals surface area contributed by atoms with Gasteiger partial charge in [-0.1, -0.05) is 18.2 Å². The van der Waals surface area contributed by atoms with Crippen LogP contribution in [0, 0.1) is 0 Å². The fraction of sp³-hybridized carbons (Fsp3) is 0.0833. The zero-order valence-corrected chi connectivity index (χ0v) is 9.05. The van der Waals surface area contributed by atoms with Crippen LogP contribution < -0.4 is 0 Å². The Morgan fingerprint density at radius 1 is 1.28 bits per heavy atom. The smallest absolute Gasteiger partial charge is 0.354 e. The number of benzene rings is 1. The minimum atomic E-state index is -2.59. The van der Waals surface area contributed by atoms with E-state index in [9.17, 15) is 13.6 Å². The molecule has 2 aromatic rings. The molecule has 1 heterocycles. The number of carboxylic acid groups (broad SMARTS) is 1. The summed E-state index contributed by atoms with van der Waals surface area (Å²) in [5.41, 5.74) is 0.0233. The molecule has 1 N–H and O–H groups in total. The third-order valence-corrected chi connectivity index (χ3v) is 2.27. The van der Waals surface area contributed by atoms with E-state index in [0.29, 0.717) is 5.56 Å². The molecule has 0 saturated heterocycles. The summed E-state index contributed by atoms with van der Waals surface area (Å²) >= 11 is 0. The predicted molar refractivity (Wildman–Crippen MR) is 59.4 cm³/mol. The molecule has 0 fully saturated rings. The SMILES string of the molecule is O=C(O)c1ccnc(-c2cccc(C(F)F)c2)n1. The van der Waals surface area contributed by atoms with E-state index in [2.05, 4.69) is 9.97 Å². The molecule has 1 aromatic carbocycles. The number of hydrogen-bond donors (Lipinski definition) is 1. The molecule has 0 aliphatic carbocycles. The van der Waals surface area contributed by atoms with Gasteiger partial charge in [-0.3, -0.25) is 0 Å². The number of nitrogens with zero attached hydrogens (tertiary/aromatic N) is 2. The summed E-state index contributed by atoms with van der Waals surface area (Å²) in [6.45, 7) is 0. The van der Waals surface area contributed by atoms with E-state index in [-0.39, 0.29) is 17.1 Å². The summed E-state index contributed by atoms with van der Waals surface area (Å²) in [5, 5.41) is 8.79. The van der Waals surface area contributed by atoms with Crippen molar-refractivity contribution in [1.29, 1.82) is 0 Å². The topological polar surface area (TPSA) is 63.1 Å². The maximum absolute atomic E-state index is 12.5. The number of alkyl halides is 2. The Kier molecular flexibility index (Phi) is 3.27. The van der Waals surface area contributed by atoms with Crippen molar-refractivity contribution in [2.75, 3.05) is 0 Å². The molecule has 4 nitrogen and oxygen atoms in total. The number of hydrogen-bond acceptors (Lipinski definition) is 3. The molecule has 0 bridgehead atoms. The third kappa shape index (κ3) is 2.48. The Balaban J connectivity index is 2.45. The summed E-state index contributed by atoms with van der Waals surface area (Å²) < 4.78 is 25.1. The van der Waals surface area contributed by atoms with Crippen molar-refractivity contribution in [3.63, 3.8) is 0 Å². The Morgan fingerprint density at radius 2 is 2.06 bits per heavy atom. The Hall–Kier alpha value is -2.37. The molecular formula is C12H8F2N2O2. The number of carbonyl (C=O) groups is 1. The highest BCUT2D eigenvalue weighted by atomic mass is 19.3. The summed E-state index contributed by atoms with van der Waals surface area (Å²) in [6.07, 6.45) is -1.31. The van der Waals surface area contributed by atoms with Crippen LogP contribution in [0.5, 0.6) is 0 Å². The van der Waals surface area contributed by atoms with Gasteiger partial charge in [0.05, 0.1) is 0 Å². The molecule has 1 aromatic heterocycles. The van der Waals surface area contributed by atoms with E-state index < -0.39 is 12.4 Å². The van der Waals surface area contributed by atoms with E-state index >= 15 is 0 Å². The fourth-order valence-corrected chi connectivity index (χ4v) is 1.43. The van der Waals surface area contributed by atoms with Gasteiger partial charge < -0.3 is 5.11 Å². The molecule has 0 aliphatic rings. The number of aromatic carboxylic acids is 1. The van der Waals surface area contributed by atoms with Gasteiger partial charge in [0, 0.05) is 17.3 Å². The lowest BCUT2D eigenvalue weighted by atomic mass is 10.1. The summed E-state index contributed by atoms with van der Waals surface area (Å²) in [7, 11) is 0. The molecule has 0 atom stereocenters. The van der Waals surface area contributed by atoms with Crippen molar-refractivity contribution in [3.05, 3.63) is 47.8 Å². The van der Waals surface area contributed by atoms with Crippen molar-refractivity contribution < 1.29 is 18.7 Å². The highest BCUT2D eigenvalue weighted by molar-refractivity contribution is 5.85. The van der Waals surface area contributed by atoms with Gasteiger partial charge in [0.25, 0.3) is 6.43 Å². The molecule has 6 heteroatoms. The summed E-state index contributed by atoms with van der Waals surface area (Å²) in [4.78, 5) is 18.4. The second-order valence-electron chi connectivity index (χ2n) is 3.50. The number of aromatic nitrogens is 2. The van der Waals surface area contributed by atoms with Gasteiger partial charge >= 0.3 is 5.97 Å². The average molecular weight is 250 g/mol. The maximum atomic E-state index is 12.5. The first kappa shape index (κ1) is 12.1. The Labute approximate surface area is 101 Å². The quantitative estimate of drug-likeness (QED) is 0.909. The van der Waals surface area contributed by atoms with Crippen LogP contribution in [0.1, 0.15) is 22.5 Å². The third-order valence-electron chi connectivity index (χ3n) is 2.27. The van der Waals surface area contributed by atoms with E-state index in [1.807, 2.05) is 0 Å². The van der Waals surface area contributed by atoms with Crippen molar-refractivity contribution in [1.82, 2.24) is 9.97 Å². The van der Waals surface area contributed by atoms with Crippen molar-refractivity contribution in [2.24, 2.45) is 0 Å². The van der Waals surface area contributed by atoms with E-state index in [4.69, 9.17) is 5.11 Å². The van der Waals surface area contributed by atoms with Crippen LogP contribution in [-0.2, 0) is 0 Å². The Morgan fingerprint density at radius 3 is 2.72 bits per heavy atom. The van der Waals surface area contributed by atoms with Crippen LogP contribution in [0.4, 0.5) is 8.78 Å². The lowest BCUT2D eigenvalue weighted by Gasteiger charge is -2.04. The monoisotopic (exact) mass is 250 g/mol. The second kappa shape index (κ2) is 4.87. The molecule has 0 amide bonds. The standard InChI is InChI=1S/C12H8F2N2O2/c13-10(14)7-2-1-3-8(6-7)11-15-5-4-9(16-11)12(17)18/h1-6,10H,(H,17,18). The van der Waals surface area contributed by atoms with Gasteiger partial charge in [-0.2, -0.15) is 0 Å². The van der Waals surface area contributed by atoms with Crippen LogP contribution in [-0.4, -0.2) is 21.0 Å². The molecule has 0 radical (unpaired) electrons. The normalized spacial score (nSPS) is 10.6. The van der Waals surface area contributed by atoms with Gasteiger partial charge in [-0.25, -0.2) is 23.5 Å². The highest BCUT2D eigenvalue weighted by Crippen LogP contribution is 2.23. The zero-order chi connectivity index (χ0) is 13.1. The first-order valence-electron chi connectivity index (χ1n) is 5.03. The lowest BCUT2D eigenvalue weighted by Crippen LogP contribution is -2.02. The fourth-order valence-electron chi connectivity index (χ4n) is 1.43. The van der Waals surface area contributed by atoms with Crippen LogP contribution in [0.15, 0.2) is 36.5 Å². The number of carboxylic acids is 1. The molecule has 0 unspecified atom stereocenters. The number of halogens is 2. The molecule has 0 saturated carbocycles. The van der Waals surface area contributed by atoms with Gasteiger partial charge in [-0.15, -0.1) is 0 Å². The molecule has 92 valence electrons. The van der Waals surface area contributed by atoms with E-state index in [1.54, 1.807) is 6.07 Å². The molecule has 2 rings (SSSR count). The molecule has 0 spiro atoms. The van der Waals surface area contributed by atoms with Crippen molar-refractivity contribution in [3.8, 4) is 11.4 Å².